The largest absolute Gasteiger partial charge is 0.356 e. The number of carbonyl (C=O) groups is 4. The molecule has 0 spiro atoms. The summed E-state index contributed by atoms with van der Waals surface area (Å²) in [6, 6.07) is 8.13. The molecule has 9 nitrogen and oxygen atoms in total. The Morgan fingerprint density at radius 2 is 2.00 bits per heavy atom. The van der Waals surface area contributed by atoms with E-state index in [1.807, 2.05) is 38.1 Å². The van der Waals surface area contributed by atoms with Crippen LogP contribution in [0.25, 0.3) is 10.9 Å². The Balaban J connectivity index is 1.72. The van der Waals surface area contributed by atoms with E-state index >= 15 is 0 Å². The lowest BCUT2D eigenvalue weighted by Gasteiger charge is -2.27. The number of para-hydroxylation sites is 1. The number of benzene rings is 1. The highest BCUT2D eigenvalue weighted by Gasteiger charge is 2.31. The number of aromatic amines is 1. The van der Waals surface area contributed by atoms with Crippen LogP contribution in [0.4, 0.5) is 4.39 Å². The molecule has 0 saturated carbocycles. The Bertz CT molecular complexity index is 972. The maximum Gasteiger partial charge on any atom is 0.272 e. The second-order valence-electron chi connectivity index (χ2n) is 8.32. The summed E-state index contributed by atoms with van der Waals surface area (Å²) in [7, 11) is 0. The minimum Gasteiger partial charge on any atom is -0.356 e. The summed E-state index contributed by atoms with van der Waals surface area (Å²) < 4.78 is 13.1. The van der Waals surface area contributed by atoms with E-state index in [2.05, 4.69) is 21.0 Å². The monoisotopic (exact) mass is 445 g/mol. The van der Waals surface area contributed by atoms with E-state index in [1.165, 1.54) is 0 Å². The molecule has 4 amide bonds. The molecular formula is C22H28FN5O4. The average Bonchev–Trinajstić information content (AvgIpc) is 3.37. The number of fused-ring (bicyclic) bond motifs is 1. The molecule has 10 heteroatoms. The van der Waals surface area contributed by atoms with E-state index in [9.17, 15) is 23.6 Å². The first-order chi connectivity index (χ1) is 15.3. The lowest BCUT2D eigenvalue weighted by molar-refractivity contribution is -0.144. The number of nitrogens with zero attached hydrogens (tertiary/aromatic N) is 1. The van der Waals surface area contributed by atoms with Gasteiger partial charge in [-0.3, -0.25) is 29.6 Å². The van der Waals surface area contributed by atoms with Gasteiger partial charge in [0.2, 0.25) is 5.91 Å². The van der Waals surface area contributed by atoms with Crippen molar-refractivity contribution in [2.45, 2.75) is 32.7 Å². The van der Waals surface area contributed by atoms with E-state index < -0.39 is 36.4 Å². The summed E-state index contributed by atoms with van der Waals surface area (Å²) in [5, 5.41) is 7.03. The topological polar surface area (TPSA) is 123 Å². The smallest absolute Gasteiger partial charge is 0.272 e. The molecule has 3 rings (SSSR count). The molecule has 1 fully saturated rings. The zero-order valence-corrected chi connectivity index (χ0v) is 18.1. The highest BCUT2D eigenvalue weighted by atomic mass is 19.1. The van der Waals surface area contributed by atoms with Crippen molar-refractivity contribution in [1.29, 1.82) is 0 Å². The predicted octanol–water partition coefficient (Wildman–Crippen LogP) is 1.28. The van der Waals surface area contributed by atoms with Crippen LogP contribution in [0, 0.1) is 11.8 Å². The minimum absolute atomic E-state index is 0.0553. The van der Waals surface area contributed by atoms with Crippen LogP contribution >= 0.6 is 0 Å². The molecule has 2 atom stereocenters. The first-order valence-corrected chi connectivity index (χ1v) is 10.6. The summed E-state index contributed by atoms with van der Waals surface area (Å²) in [6.45, 7) is 2.80. The maximum absolute atomic E-state index is 13.1. The molecule has 1 unspecified atom stereocenters. The van der Waals surface area contributed by atoms with Crippen LogP contribution in [0.15, 0.2) is 30.3 Å². The number of alkyl halides is 1. The number of hydrogen-bond donors (Lipinski definition) is 4. The molecule has 2 aromatic rings. The standard InChI is InChI=1S/C22H28FN5O4/c1-13(2)9-17(26-21(31)18-10-14-5-3-4-6-16(14)25-18)22(32)27-28(19(29)11-23)12-15-7-8-24-20(15)30/h3-6,10,13,15,17,25H,7-9,11-12H2,1-2H3,(H,24,30)(H,26,31)(H,27,32)/t15?,17-/m1/s1. The number of halogens is 1. The van der Waals surface area contributed by atoms with Gasteiger partial charge in [0.25, 0.3) is 17.7 Å². The summed E-state index contributed by atoms with van der Waals surface area (Å²) >= 11 is 0. The number of rotatable bonds is 8. The third kappa shape index (κ3) is 5.63. The van der Waals surface area contributed by atoms with Crippen LogP contribution in [-0.4, -0.2) is 59.4 Å². The number of aromatic nitrogens is 1. The molecule has 1 aromatic heterocycles. The Morgan fingerprint density at radius 3 is 2.62 bits per heavy atom. The summed E-state index contributed by atoms with van der Waals surface area (Å²) in [6.07, 6.45) is 0.788. The predicted molar refractivity (Wildman–Crippen MR) is 116 cm³/mol. The van der Waals surface area contributed by atoms with Crippen molar-refractivity contribution in [3.05, 3.63) is 36.0 Å². The molecule has 0 aliphatic carbocycles. The van der Waals surface area contributed by atoms with Gasteiger partial charge in [-0.1, -0.05) is 32.0 Å². The fraction of sp³-hybridized carbons (Fsp3) is 0.455. The van der Waals surface area contributed by atoms with Gasteiger partial charge in [-0.25, -0.2) is 4.39 Å². The van der Waals surface area contributed by atoms with Crippen LogP contribution in [0.5, 0.6) is 0 Å². The molecule has 1 saturated heterocycles. The first kappa shape index (κ1) is 23.2. The van der Waals surface area contributed by atoms with Crippen molar-refractivity contribution in [2.24, 2.45) is 11.8 Å². The first-order valence-electron chi connectivity index (χ1n) is 10.6. The highest BCUT2D eigenvalue weighted by molar-refractivity contribution is 6.00. The van der Waals surface area contributed by atoms with Crippen molar-refractivity contribution in [1.82, 2.24) is 26.1 Å². The molecule has 32 heavy (non-hydrogen) atoms. The Kier molecular flexibility index (Phi) is 7.45. The maximum atomic E-state index is 13.1. The van der Waals surface area contributed by atoms with Crippen LogP contribution in [0.3, 0.4) is 0 Å². The number of hydrogen-bond acceptors (Lipinski definition) is 4. The van der Waals surface area contributed by atoms with Crippen LogP contribution < -0.4 is 16.1 Å². The molecule has 1 aliphatic rings. The molecule has 1 aromatic carbocycles. The highest BCUT2D eigenvalue weighted by Crippen LogP contribution is 2.16. The van der Waals surface area contributed by atoms with Crippen molar-refractivity contribution >= 4 is 34.5 Å². The number of H-pyrrole nitrogens is 1. The molecule has 2 heterocycles. The Hall–Kier alpha value is -3.43. The van der Waals surface area contributed by atoms with Gasteiger partial charge in [0, 0.05) is 17.4 Å². The SMILES string of the molecule is CC(C)C[C@@H](NC(=O)c1cc2ccccc2[nH]1)C(=O)NN(CC1CCNC1=O)C(=O)CF. The number of hydrazine groups is 1. The van der Waals surface area contributed by atoms with Gasteiger partial charge >= 0.3 is 0 Å². The zero-order chi connectivity index (χ0) is 23.3. The number of carbonyl (C=O) groups excluding carboxylic acids is 4. The lowest BCUT2D eigenvalue weighted by atomic mass is 10.0. The second kappa shape index (κ2) is 10.3. The molecular weight excluding hydrogens is 417 g/mol. The van der Waals surface area contributed by atoms with Gasteiger partial charge in [-0.05, 0) is 30.9 Å². The average molecular weight is 445 g/mol. The Labute approximate surface area is 185 Å². The van der Waals surface area contributed by atoms with Gasteiger partial charge < -0.3 is 15.6 Å². The van der Waals surface area contributed by atoms with Gasteiger partial charge in [0.05, 0.1) is 12.5 Å². The minimum atomic E-state index is -1.31. The van der Waals surface area contributed by atoms with Crippen molar-refractivity contribution in [3.63, 3.8) is 0 Å². The number of amides is 4. The third-order valence-corrected chi connectivity index (χ3v) is 5.33. The van der Waals surface area contributed by atoms with Gasteiger partial charge in [-0.15, -0.1) is 0 Å². The molecule has 172 valence electrons. The van der Waals surface area contributed by atoms with Crippen molar-refractivity contribution in [3.8, 4) is 0 Å². The third-order valence-electron chi connectivity index (χ3n) is 5.33. The van der Waals surface area contributed by atoms with E-state index in [4.69, 9.17) is 0 Å². The van der Waals surface area contributed by atoms with Gasteiger partial charge in [0.15, 0.2) is 6.67 Å². The van der Waals surface area contributed by atoms with Crippen LogP contribution in [0.2, 0.25) is 0 Å². The summed E-state index contributed by atoms with van der Waals surface area (Å²) in [4.78, 5) is 52.6. The molecule has 0 radical (unpaired) electrons. The zero-order valence-electron chi connectivity index (χ0n) is 18.1. The van der Waals surface area contributed by atoms with Gasteiger partial charge in [-0.2, -0.15) is 0 Å². The van der Waals surface area contributed by atoms with Crippen LogP contribution in [0.1, 0.15) is 37.2 Å². The van der Waals surface area contributed by atoms with E-state index in [1.54, 1.807) is 6.07 Å². The Morgan fingerprint density at radius 1 is 1.25 bits per heavy atom. The van der Waals surface area contributed by atoms with Gasteiger partial charge in [0.1, 0.15) is 11.7 Å². The summed E-state index contributed by atoms with van der Waals surface area (Å²) in [5.74, 6) is -2.80. The fourth-order valence-electron chi connectivity index (χ4n) is 3.67. The van der Waals surface area contributed by atoms with E-state index in [-0.39, 0.29) is 18.4 Å². The van der Waals surface area contributed by atoms with Crippen LogP contribution in [-0.2, 0) is 14.4 Å². The normalized spacial score (nSPS) is 16.6. The molecule has 1 aliphatic heterocycles. The van der Waals surface area contributed by atoms with Crippen molar-refractivity contribution in [2.75, 3.05) is 19.8 Å². The second-order valence-corrected chi connectivity index (χ2v) is 8.32. The summed E-state index contributed by atoms with van der Waals surface area (Å²) in [5.41, 5.74) is 3.49. The fourth-order valence-corrected chi connectivity index (χ4v) is 3.67. The van der Waals surface area contributed by atoms with E-state index in [0.717, 1.165) is 15.9 Å². The van der Waals surface area contributed by atoms with Crippen molar-refractivity contribution < 1.29 is 23.6 Å². The lowest BCUT2D eigenvalue weighted by Crippen LogP contribution is -2.56. The molecule has 4 N–H and O–H groups in total. The number of nitrogens with one attached hydrogen (secondary N) is 4. The molecule has 0 bridgehead atoms. The van der Waals surface area contributed by atoms with E-state index in [0.29, 0.717) is 25.1 Å². The quantitative estimate of drug-likeness (QED) is 0.457.